The molecule has 7 nitrogen and oxygen atoms in total. The van der Waals surface area contributed by atoms with Crippen molar-refractivity contribution in [2.75, 3.05) is 42.9 Å². The molecule has 1 aromatic heterocycles. The van der Waals surface area contributed by atoms with E-state index >= 15 is 0 Å². The molecule has 2 unspecified atom stereocenters. The summed E-state index contributed by atoms with van der Waals surface area (Å²) in [7, 11) is 0. The first-order valence-electron chi connectivity index (χ1n) is 11.4. The minimum absolute atomic E-state index is 0.243. The molecule has 3 fully saturated rings. The molecule has 3 atom stereocenters. The third-order valence-corrected chi connectivity index (χ3v) is 7.42. The predicted octanol–water partition coefficient (Wildman–Crippen LogP) is 2.30. The number of fused-ring (bicyclic) bond motifs is 5. The molecule has 2 aromatic rings. The third-order valence-electron chi connectivity index (χ3n) is 7.42. The Kier molecular flexibility index (Phi) is 4.53. The fraction of sp³-hybridized carbons (Fsp3) is 0.565. The Hall–Kier alpha value is -2.38. The van der Waals surface area contributed by atoms with Crippen LogP contribution in [0.5, 0.6) is 5.75 Å². The summed E-state index contributed by atoms with van der Waals surface area (Å²) in [5.41, 5.74) is 2.56. The maximum absolute atomic E-state index is 10.2. The van der Waals surface area contributed by atoms with Gasteiger partial charge in [0.1, 0.15) is 5.75 Å². The summed E-state index contributed by atoms with van der Waals surface area (Å²) in [5, 5.41) is 26.3. The summed E-state index contributed by atoms with van der Waals surface area (Å²) >= 11 is 0. The van der Waals surface area contributed by atoms with Crippen LogP contribution < -0.4 is 15.5 Å². The van der Waals surface area contributed by atoms with Gasteiger partial charge < -0.3 is 20.6 Å². The van der Waals surface area contributed by atoms with Crippen molar-refractivity contribution in [1.82, 2.24) is 20.4 Å². The van der Waals surface area contributed by atoms with Crippen molar-refractivity contribution in [2.24, 2.45) is 5.92 Å². The van der Waals surface area contributed by atoms with Gasteiger partial charge in [0.25, 0.3) is 0 Å². The van der Waals surface area contributed by atoms with Crippen LogP contribution in [0.15, 0.2) is 30.3 Å². The fourth-order valence-electron chi connectivity index (χ4n) is 6.03. The van der Waals surface area contributed by atoms with Gasteiger partial charge in [-0.25, -0.2) is 0 Å². The lowest BCUT2D eigenvalue weighted by atomic mass is 9.91. The molecule has 0 radical (unpaired) electrons. The molecular formula is C23H30N6O. The first kappa shape index (κ1) is 18.4. The molecule has 2 bridgehead atoms. The van der Waals surface area contributed by atoms with E-state index in [2.05, 4.69) is 36.7 Å². The van der Waals surface area contributed by atoms with Crippen molar-refractivity contribution in [3.63, 3.8) is 0 Å². The van der Waals surface area contributed by atoms with Gasteiger partial charge in [0.2, 0.25) is 0 Å². The van der Waals surface area contributed by atoms with Crippen LogP contribution in [0.1, 0.15) is 25.7 Å². The highest BCUT2D eigenvalue weighted by molar-refractivity contribution is 5.76. The Morgan fingerprint density at radius 1 is 1.07 bits per heavy atom. The fourth-order valence-corrected chi connectivity index (χ4v) is 6.03. The van der Waals surface area contributed by atoms with Crippen molar-refractivity contribution >= 4 is 11.5 Å². The van der Waals surface area contributed by atoms with Crippen molar-refractivity contribution in [1.29, 1.82) is 0 Å². The predicted molar refractivity (Wildman–Crippen MR) is 118 cm³/mol. The second-order valence-corrected chi connectivity index (χ2v) is 9.44. The van der Waals surface area contributed by atoms with Gasteiger partial charge in [-0.3, -0.25) is 4.90 Å². The zero-order valence-electron chi connectivity index (χ0n) is 17.3. The highest BCUT2D eigenvalue weighted by atomic mass is 16.3. The maximum Gasteiger partial charge on any atom is 0.172 e. The van der Waals surface area contributed by atoms with E-state index in [0.29, 0.717) is 6.04 Å². The van der Waals surface area contributed by atoms with Gasteiger partial charge in [0, 0.05) is 50.4 Å². The number of piperidine rings is 1. The number of anilines is 2. The SMILES string of the molecule is Oc1ccccc1-c1cc2c(nn1)NC[C@H]1CN(CC3CC4CCC(C3)N4)CCN21. The summed E-state index contributed by atoms with van der Waals surface area (Å²) in [6, 6.07) is 11.4. The summed E-state index contributed by atoms with van der Waals surface area (Å²) < 4.78 is 0. The van der Waals surface area contributed by atoms with E-state index < -0.39 is 0 Å². The number of phenolic OH excluding ortho intramolecular Hbond substituents is 1. The Morgan fingerprint density at radius 2 is 1.90 bits per heavy atom. The van der Waals surface area contributed by atoms with Crippen LogP contribution in [0.3, 0.4) is 0 Å². The summed E-state index contributed by atoms with van der Waals surface area (Å²) in [6.45, 7) is 5.36. The molecule has 0 saturated carbocycles. The number of piperazine rings is 1. The lowest BCUT2D eigenvalue weighted by Crippen LogP contribution is -2.58. The van der Waals surface area contributed by atoms with Gasteiger partial charge in [-0.1, -0.05) is 12.1 Å². The van der Waals surface area contributed by atoms with Gasteiger partial charge in [0.15, 0.2) is 5.82 Å². The number of benzene rings is 1. The zero-order valence-corrected chi connectivity index (χ0v) is 17.3. The number of rotatable bonds is 3. The van der Waals surface area contributed by atoms with Crippen LogP contribution in [0.4, 0.5) is 11.5 Å². The Morgan fingerprint density at radius 3 is 2.73 bits per heavy atom. The average molecular weight is 407 g/mol. The van der Waals surface area contributed by atoms with E-state index in [1.807, 2.05) is 18.2 Å². The lowest BCUT2D eigenvalue weighted by Gasteiger charge is -2.47. The molecule has 0 aliphatic carbocycles. The number of nitrogens with zero attached hydrogens (tertiary/aromatic N) is 4. The van der Waals surface area contributed by atoms with Gasteiger partial charge >= 0.3 is 0 Å². The Bertz CT molecular complexity index is 924. The van der Waals surface area contributed by atoms with Gasteiger partial charge in [0.05, 0.1) is 17.4 Å². The largest absolute Gasteiger partial charge is 0.507 e. The molecule has 0 amide bonds. The highest BCUT2D eigenvalue weighted by Crippen LogP contribution is 2.37. The highest BCUT2D eigenvalue weighted by Gasteiger charge is 2.37. The molecule has 3 N–H and O–H groups in total. The smallest absolute Gasteiger partial charge is 0.172 e. The van der Waals surface area contributed by atoms with Crippen molar-refractivity contribution in [2.45, 2.75) is 43.8 Å². The molecule has 158 valence electrons. The number of hydrogen-bond acceptors (Lipinski definition) is 7. The minimum atomic E-state index is 0.243. The number of para-hydroxylation sites is 1. The second-order valence-electron chi connectivity index (χ2n) is 9.44. The molecule has 30 heavy (non-hydrogen) atoms. The van der Waals surface area contributed by atoms with E-state index in [4.69, 9.17) is 0 Å². The van der Waals surface area contributed by atoms with Crippen molar-refractivity contribution < 1.29 is 5.11 Å². The Balaban J connectivity index is 1.18. The molecule has 4 aliphatic heterocycles. The summed E-state index contributed by atoms with van der Waals surface area (Å²) in [6.07, 6.45) is 5.45. The van der Waals surface area contributed by atoms with Crippen LogP contribution in [0.25, 0.3) is 11.3 Å². The number of hydrogen-bond donors (Lipinski definition) is 3. The molecular weight excluding hydrogens is 376 g/mol. The molecule has 6 rings (SSSR count). The van der Waals surface area contributed by atoms with Gasteiger partial charge in [-0.2, -0.15) is 0 Å². The number of nitrogens with one attached hydrogen (secondary N) is 2. The topological polar surface area (TPSA) is 76.5 Å². The number of aromatic nitrogens is 2. The molecule has 1 aromatic carbocycles. The van der Waals surface area contributed by atoms with E-state index in [1.165, 1.54) is 32.2 Å². The molecule has 7 heteroatoms. The van der Waals surface area contributed by atoms with Crippen LogP contribution in [-0.4, -0.2) is 71.1 Å². The molecule has 4 aliphatic rings. The van der Waals surface area contributed by atoms with Crippen LogP contribution in [0.2, 0.25) is 0 Å². The first-order valence-corrected chi connectivity index (χ1v) is 11.4. The van der Waals surface area contributed by atoms with E-state index in [1.54, 1.807) is 6.07 Å². The second kappa shape index (κ2) is 7.39. The molecule has 3 saturated heterocycles. The van der Waals surface area contributed by atoms with Gasteiger partial charge in [-0.15, -0.1) is 10.2 Å². The van der Waals surface area contributed by atoms with E-state index in [-0.39, 0.29) is 5.75 Å². The standard InChI is InChI=1S/C23H30N6O/c30-22-4-2-1-3-19(22)20-11-21-23(27-26-20)24-12-18-14-28(7-8-29(18)21)13-15-9-16-5-6-17(10-15)25-16/h1-4,11,15-18,25,30H,5-10,12-14H2,(H,24,27)/t15?,16?,17?,18-/m0/s1. The summed E-state index contributed by atoms with van der Waals surface area (Å²) in [5.74, 6) is 1.94. The zero-order chi connectivity index (χ0) is 20.1. The van der Waals surface area contributed by atoms with Crippen molar-refractivity contribution in [3.05, 3.63) is 30.3 Å². The molecule has 0 spiro atoms. The quantitative estimate of drug-likeness (QED) is 0.722. The van der Waals surface area contributed by atoms with E-state index in [9.17, 15) is 5.11 Å². The van der Waals surface area contributed by atoms with Gasteiger partial charge in [-0.05, 0) is 49.8 Å². The number of aromatic hydroxyl groups is 1. The molecule has 5 heterocycles. The Labute approximate surface area is 177 Å². The lowest BCUT2D eigenvalue weighted by molar-refractivity contribution is 0.162. The monoisotopic (exact) mass is 406 g/mol. The average Bonchev–Trinajstić information content (AvgIpc) is 3.11. The van der Waals surface area contributed by atoms with Crippen LogP contribution in [0, 0.1) is 5.92 Å². The van der Waals surface area contributed by atoms with E-state index in [0.717, 1.165) is 66.9 Å². The van der Waals surface area contributed by atoms with Crippen molar-refractivity contribution in [3.8, 4) is 17.0 Å². The normalized spacial score (nSPS) is 30.5. The maximum atomic E-state index is 10.2. The van der Waals surface area contributed by atoms with Crippen LogP contribution in [-0.2, 0) is 0 Å². The number of phenols is 1. The first-order chi connectivity index (χ1) is 14.7. The third kappa shape index (κ3) is 3.30. The minimum Gasteiger partial charge on any atom is -0.507 e. The van der Waals surface area contributed by atoms with Crippen LogP contribution >= 0.6 is 0 Å². The summed E-state index contributed by atoms with van der Waals surface area (Å²) in [4.78, 5) is 5.18.